The Morgan fingerprint density at radius 1 is 1.06 bits per heavy atom. The normalized spacial score (nSPS) is 17.3. The average molecular weight is 360 g/mol. The van der Waals surface area contributed by atoms with Crippen molar-refractivity contribution >= 4 is 22.6 Å². The highest BCUT2D eigenvalue weighted by Crippen LogP contribution is 2.41. The first-order valence-electron chi connectivity index (χ1n) is 6.66. The zero-order valence-electron chi connectivity index (χ0n) is 10.6. The monoisotopic (exact) mass is 360 g/mol. The van der Waals surface area contributed by atoms with Gasteiger partial charge >= 0.3 is 0 Å². The summed E-state index contributed by atoms with van der Waals surface area (Å²) in [6.07, 6.45) is 5.54. The van der Waals surface area contributed by atoms with Crippen molar-refractivity contribution in [3.8, 4) is 0 Å². The van der Waals surface area contributed by atoms with E-state index in [2.05, 4.69) is 46.9 Å². The molecule has 100 valence electrons. The van der Waals surface area contributed by atoms with Crippen LogP contribution in [0, 0.1) is 14.9 Å². The van der Waals surface area contributed by atoms with Crippen LogP contribution in [0.25, 0.3) is 0 Å². The first-order chi connectivity index (χ1) is 8.70. The molecule has 2 rings (SSSR count). The molecular weight excluding hydrogens is 339 g/mol. The molecule has 0 unspecified atom stereocenters. The van der Waals surface area contributed by atoms with Crippen LogP contribution in [0.3, 0.4) is 0 Å². The zero-order chi connectivity index (χ0) is 13.0. The van der Waals surface area contributed by atoms with E-state index in [0.29, 0.717) is 5.92 Å². The van der Waals surface area contributed by atoms with E-state index in [1.807, 2.05) is 0 Å². The number of hydrogen-bond donors (Lipinski definition) is 2. The van der Waals surface area contributed by atoms with E-state index >= 15 is 0 Å². The Labute approximate surface area is 123 Å². The predicted molar refractivity (Wildman–Crippen MR) is 81.4 cm³/mol. The van der Waals surface area contributed by atoms with Crippen LogP contribution in [0.2, 0.25) is 0 Å². The molecular formula is C15H21IO2. The summed E-state index contributed by atoms with van der Waals surface area (Å²) >= 11 is 2.29. The lowest BCUT2D eigenvalue weighted by Crippen LogP contribution is -2.39. The molecule has 2 nitrogen and oxygen atoms in total. The third kappa shape index (κ3) is 3.06. The molecule has 0 aromatic heterocycles. The van der Waals surface area contributed by atoms with Gasteiger partial charge in [-0.15, -0.1) is 0 Å². The van der Waals surface area contributed by atoms with E-state index in [1.165, 1.54) is 22.0 Å². The van der Waals surface area contributed by atoms with Gasteiger partial charge in [-0.3, -0.25) is 0 Å². The van der Waals surface area contributed by atoms with Crippen LogP contribution in [0.5, 0.6) is 0 Å². The second-order valence-corrected chi connectivity index (χ2v) is 6.71. The van der Waals surface area contributed by atoms with Crippen LogP contribution < -0.4 is 0 Å². The molecule has 1 fully saturated rings. The third-order valence-corrected chi connectivity index (χ3v) is 5.04. The van der Waals surface area contributed by atoms with Crippen molar-refractivity contribution in [3.63, 3.8) is 0 Å². The largest absolute Gasteiger partial charge is 0.396 e. The molecule has 0 spiro atoms. The summed E-state index contributed by atoms with van der Waals surface area (Å²) < 4.78 is 1.22. The number of aliphatic hydroxyl groups excluding tert-OH is 2. The van der Waals surface area contributed by atoms with E-state index in [0.717, 1.165) is 19.3 Å². The highest BCUT2D eigenvalue weighted by Gasteiger charge is 2.39. The maximum atomic E-state index is 9.79. The minimum Gasteiger partial charge on any atom is -0.396 e. The quantitative estimate of drug-likeness (QED) is 0.793. The predicted octanol–water partition coefficient (Wildman–Crippen LogP) is 2.99. The standard InChI is InChI=1S/C15H21IO2/c16-14-7-5-12(6-8-14)9-15(10-17,11-18)13-3-1-2-4-13/h5-8,13,17-18H,1-4,9-11H2. The first kappa shape index (κ1) is 14.3. The molecule has 3 heteroatoms. The van der Waals surface area contributed by atoms with E-state index in [1.54, 1.807) is 0 Å². The van der Waals surface area contributed by atoms with Gasteiger partial charge in [0.05, 0.1) is 13.2 Å². The molecule has 0 bridgehead atoms. The van der Waals surface area contributed by atoms with Crippen molar-refractivity contribution in [1.82, 2.24) is 0 Å². The molecule has 2 N–H and O–H groups in total. The number of rotatable bonds is 5. The smallest absolute Gasteiger partial charge is 0.0515 e. The Morgan fingerprint density at radius 3 is 2.11 bits per heavy atom. The molecule has 0 saturated heterocycles. The molecule has 0 amide bonds. The molecule has 1 aromatic carbocycles. The van der Waals surface area contributed by atoms with Gasteiger partial charge in [-0.25, -0.2) is 0 Å². The zero-order valence-corrected chi connectivity index (χ0v) is 12.8. The van der Waals surface area contributed by atoms with Crippen LogP contribution in [0.4, 0.5) is 0 Å². The van der Waals surface area contributed by atoms with Crippen LogP contribution in [0.1, 0.15) is 31.2 Å². The number of benzene rings is 1. The van der Waals surface area contributed by atoms with Gasteiger partial charge in [0, 0.05) is 8.99 Å². The molecule has 0 atom stereocenters. The van der Waals surface area contributed by atoms with Gasteiger partial charge in [-0.2, -0.15) is 0 Å². The Morgan fingerprint density at radius 2 is 1.61 bits per heavy atom. The van der Waals surface area contributed by atoms with Gasteiger partial charge in [0.2, 0.25) is 0 Å². The van der Waals surface area contributed by atoms with Crippen molar-refractivity contribution in [3.05, 3.63) is 33.4 Å². The van der Waals surface area contributed by atoms with Crippen LogP contribution >= 0.6 is 22.6 Å². The summed E-state index contributed by atoms with van der Waals surface area (Å²) in [7, 11) is 0. The van der Waals surface area contributed by atoms with Crippen molar-refractivity contribution in [2.45, 2.75) is 32.1 Å². The summed E-state index contributed by atoms with van der Waals surface area (Å²) in [6, 6.07) is 8.39. The van der Waals surface area contributed by atoms with Gasteiger partial charge in [-0.05, 0) is 65.5 Å². The van der Waals surface area contributed by atoms with E-state index in [-0.39, 0.29) is 18.6 Å². The lowest BCUT2D eigenvalue weighted by molar-refractivity contribution is 0.00570. The van der Waals surface area contributed by atoms with Crippen molar-refractivity contribution in [1.29, 1.82) is 0 Å². The third-order valence-electron chi connectivity index (χ3n) is 4.32. The van der Waals surface area contributed by atoms with E-state index in [4.69, 9.17) is 0 Å². The molecule has 1 saturated carbocycles. The maximum absolute atomic E-state index is 9.79. The maximum Gasteiger partial charge on any atom is 0.0515 e. The van der Waals surface area contributed by atoms with Gasteiger partial charge in [0.25, 0.3) is 0 Å². The molecule has 1 aliphatic rings. The van der Waals surface area contributed by atoms with Gasteiger partial charge in [-0.1, -0.05) is 25.0 Å². The molecule has 1 aromatic rings. The first-order valence-corrected chi connectivity index (χ1v) is 7.74. The summed E-state index contributed by atoms with van der Waals surface area (Å²) in [5, 5.41) is 19.6. The Bertz CT molecular complexity index is 365. The molecule has 18 heavy (non-hydrogen) atoms. The van der Waals surface area contributed by atoms with E-state index in [9.17, 15) is 10.2 Å². The summed E-state index contributed by atoms with van der Waals surface area (Å²) in [5.74, 6) is 0.465. The molecule has 0 heterocycles. The van der Waals surface area contributed by atoms with E-state index < -0.39 is 0 Å². The highest BCUT2D eigenvalue weighted by molar-refractivity contribution is 14.1. The molecule has 0 aliphatic heterocycles. The van der Waals surface area contributed by atoms with Gasteiger partial charge in [0.15, 0.2) is 0 Å². The van der Waals surface area contributed by atoms with Gasteiger partial charge in [0.1, 0.15) is 0 Å². The average Bonchev–Trinajstić information content (AvgIpc) is 2.93. The van der Waals surface area contributed by atoms with Gasteiger partial charge < -0.3 is 10.2 Å². The van der Waals surface area contributed by atoms with Crippen molar-refractivity contribution in [2.24, 2.45) is 11.3 Å². The summed E-state index contributed by atoms with van der Waals surface area (Å²) in [5.41, 5.74) is 0.883. The number of hydrogen-bond acceptors (Lipinski definition) is 2. The minimum absolute atomic E-state index is 0.0835. The second-order valence-electron chi connectivity index (χ2n) is 5.46. The fourth-order valence-electron chi connectivity index (χ4n) is 3.11. The Kier molecular flexibility index (Phi) is 5.04. The molecule has 1 aliphatic carbocycles. The second kappa shape index (κ2) is 6.35. The van der Waals surface area contributed by atoms with Crippen molar-refractivity contribution in [2.75, 3.05) is 13.2 Å². The Balaban J connectivity index is 2.16. The van der Waals surface area contributed by atoms with Crippen LogP contribution in [-0.2, 0) is 6.42 Å². The van der Waals surface area contributed by atoms with Crippen LogP contribution in [0.15, 0.2) is 24.3 Å². The highest BCUT2D eigenvalue weighted by atomic mass is 127. The lowest BCUT2D eigenvalue weighted by atomic mass is 9.71. The summed E-state index contributed by atoms with van der Waals surface area (Å²) in [6.45, 7) is 0.167. The fourth-order valence-corrected chi connectivity index (χ4v) is 3.47. The topological polar surface area (TPSA) is 40.5 Å². The minimum atomic E-state index is -0.330. The number of halogens is 1. The van der Waals surface area contributed by atoms with Crippen molar-refractivity contribution < 1.29 is 10.2 Å². The fraction of sp³-hybridized carbons (Fsp3) is 0.600. The lowest BCUT2D eigenvalue weighted by Gasteiger charge is -2.36. The van der Waals surface area contributed by atoms with Crippen LogP contribution in [-0.4, -0.2) is 23.4 Å². The summed E-state index contributed by atoms with van der Waals surface area (Å²) in [4.78, 5) is 0. The molecule has 0 radical (unpaired) electrons. The SMILES string of the molecule is OCC(CO)(Cc1ccc(I)cc1)C1CCCC1. The number of aliphatic hydroxyl groups is 2. The Hall–Kier alpha value is -0.130.